The largest absolute Gasteiger partial charge is 0.493 e. The van der Waals surface area contributed by atoms with Gasteiger partial charge in [0.15, 0.2) is 5.76 Å². The summed E-state index contributed by atoms with van der Waals surface area (Å²) in [6.07, 6.45) is 7.15. The molecule has 10 nitrogen and oxygen atoms in total. The molecule has 0 aliphatic carbocycles. The third-order valence-electron chi connectivity index (χ3n) is 9.29. The smallest absolute Gasteiger partial charge is 0.303 e. The van der Waals surface area contributed by atoms with Gasteiger partial charge < -0.3 is 34.2 Å². The highest BCUT2D eigenvalue weighted by molar-refractivity contribution is 6.00. The zero-order valence-electron chi connectivity index (χ0n) is 29.9. The molecule has 0 unspecified atom stereocenters. The predicted molar refractivity (Wildman–Crippen MR) is 198 cm³/mol. The van der Waals surface area contributed by atoms with Gasteiger partial charge in [-0.05, 0) is 86.0 Å². The summed E-state index contributed by atoms with van der Waals surface area (Å²) >= 11 is 0. The van der Waals surface area contributed by atoms with Gasteiger partial charge in [-0.3, -0.25) is 14.4 Å². The number of piperazine rings is 1. The number of aryl methyl sites for hydroxylation is 1. The average Bonchev–Trinajstić information content (AvgIpc) is 3.67. The quantitative estimate of drug-likeness (QED) is 0.121. The molecule has 0 spiro atoms. The lowest BCUT2D eigenvalue weighted by molar-refractivity contribution is -0.138. The molecule has 0 saturated carbocycles. The van der Waals surface area contributed by atoms with Crippen molar-refractivity contribution < 1.29 is 38.8 Å². The minimum absolute atomic E-state index is 0.00673. The molecule has 5 rings (SSSR count). The maximum absolute atomic E-state index is 14.1. The van der Waals surface area contributed by atoms with Gasteiger partial charge in [-0.15, -0.1) is 0 Å². The van der Waals surface area contributed by atoms with Crippen molar-refractivity contribution in [2.45, 2.75) is 64.2 Å². The summed E-state index contributed by atoms with van der Waals surface area (Å²) in [5, 5.41) is 18.2. The van der Waals surface area contributed by atoms with Crippen LogP contribution in [0.3, 0.4) is 0 Å². The van der Waals surface area contributed by atoms with Gasteiger partial charge in [-0.2, -0.15) is 0 Å². The van der Waals surface area contributed by atoms with Crippen LogP contribution in [-0.2, 0) is 38.3 Å². The monoisotopic (exact) mass is 708 g/mol. The Morgan fingerprint density at radius 1 is 0.846 bits per heavy atom. The van der Waals surface area contributed by atoms with Gasteiger partial charge >= 0.3 is 11.9 Å². The van der Waals surface area contributed by atoms with Gasteiger partial charge in [0, 0.05) is 56.6 Å². The summed E-state index contributed by atoms with van der Waals surface area (Å²) in [6.45, 7) is 3.31. The number of ether oxygens (including phenoxy) is 3. The van der Waals surface area contributed by atoms with Crippen LogP contribution in [0.1, 0.15) is 88.7 Å². The molecule has 2 heterocycles. The molecule has 0 atom stereocenters. The van der Waals surface area contributed by atoms with E-state index in [4.69, 9.17) is 19.3 Å². The molecule has 0 aromatic heterocycles. The number of rotatable bonds is 17. The van der Waals surface area contributed by atoms with E-state index in [1.807, 2.05) is 47.4 Å². The Balaban J connectivity index is 1.28. The minimum Gasteiger partial charge on any atom is -0.493 e. The van der Waals surface area contributed by atoms with E-state index >= 15 is 0 Å². The van der Waals surface area contributed by atoms with Crippen LogP contribution >= 0.6 is 0 Å². The lowest BCUT2D eigenvalue weighted by atomic mass is 9.91. The Morgan fingerprint density at radius 2 is 1.63 bits per heavy atom. The average molecular weight is 709 g/mol. The molecule has 10 heteroatoms. The number of carbonyl (C=O) groups is 3. The van der Waals surface area contributed by atoms with Gasteiger partial charge in [-0.25, -0.2) is 0 Å². The number of hydrogen-bond acceptors (Lipinski definition) is 7. The highest BCUT2D eigenvalue weighted by Gasteiger charge is 2.28. The molecule has 1 fully saturated rings. The molecule has 1 amide bonds. The standard InChI is InChI=1S/C42H48N2O8/c1-43-21-23-44(24-22-43)42(49)36-28-32(27-34(26-31-12-7-5-8-13-31)41(36)38-29-50-30-52-38)14-6-3-2-4-9-15-33-16-10-17-37(35(33)19-20-40(47)48)51-25-11-18-39(45)46/h5,7-8,10,12-13,16-17,27-29H,2-4,9,11,15,18-26,30H2,1H3,(H,45,46)(H,47,48). The third-order valence-corrected chi connectivity index (χ3v) is 9.29. The molecular weight excluding hydrogens is 660 g/mol. The highest BCUT2D eigenvalue weighted by atomic mass is 16.7. The fourth-order valence-electron chi connectivity index (χ4n) is 6.51. The Hall–Kier alpha value is -5.27. The van der Waals surface area contributed by atoms with Crippen LogP contribution in [0.5, 0.6) is 5.75 Å². The SMILES string of the molecule is CN1CCN(C(=O)c2cc(C#CCCCCCc3cccc(OCCCC(=O)O)c3CCC(=O)O)cc(Cc3ccccc3)c2C2=COCO2)CC1. The van der Waals surface area contributed by atoms with E-state index in [-0.39, 0.29) is 32.1 Å². The van der Waals surface area contributed by atoms with Crippen LogP contribution in [-0.4, -0.2) is 84.5 Å². The predicted octanol–water partition coefficient (Wildman–Crippen LogP) is 6.38. The lowest BCUT2D eigenvalue weighted by Crippen LogP contribution is -2.47. The van der Waals surface area contributed by atoms with E-state index in [0.29, 0.717) is 55.8 Å². The number of carboxylic acid groups (broad SMARTS) is 2. The van der Waals surface area contributed by atoms with E-state index in [1.54, 1.807) is 6.26 Å². The molecule has 2 aliphatic heterocycles. The number of unbranched alkanes of at least 4 members (excludes halogenated alkanes) is 3. The van der Waals surface area contributed by atoms with Crippen LogP contribution < -0.4 is 4.74 Å². The van der Waals surface area contributed by atoms with Gasteiger partial charge in [0.1, 0.15) is 12.0 Å². The van der Waals surface area contributed by atoms with Crippen LogP contribution in [0.25, 0.3) is 5.76 Å². The first-order valence-electron chi connectivity index (χ1n) is 18.1. The van der Waals surface area contributed by atoms with Gasteiger partial charge in [0.05, 0.1) is 12.2 Å². The summed E-state index contributed by atoms with van der Waals surface area (Å²) in [5.74, 6) is 6.10. The second-order valence-electron chi connectivity index (χ2n) is 13.2. The maximum atomic E-state index is 14.1. The van der Waals surface area contributed by atoms with Crippen molar-refractivity contribution in [1.29, 1.82) is 0 Å². The number of nitrogens with zero attached hydrogens (tertiary/aromatic N) is 2. The molecule has 52 heavy (non-hydrogen) atoms. The maximum Gasteiger partial charge on any atom is 0.303 e. The zero-order valence-corrected chi connectivity index (χ0v) is 29.9. The molecule has 2 N–H and O–H groups in total. The molecular formula is C42H48N2O8. The second kappa shape index (κ2) is 19.4. The number of aliphatic carboxylic acids is 2. The summed E-state index contributed by atoms with van der Waals surface area (Å²) in [7, 11) is 2.07. The van der Waals surface area contributed by atoms with Crippen molar-refractivity contribution >= 4 is 23.6 Å². The number of carbonyl (C=O) groups excluding carboxylic acids is 1. The molecule has 3 aromatic carbocycles. The van der Waals surface area contributed by atoms with E-state index in [0.717, 1.165) is 72.2 Å². The molecule has 274 valence electrons. The lowest BCUT2D eigenvalue weighted by Gasteiger charge is -2.33. The van der Waals surface area contributed by atoms with Crippen molar-refractivity contribution in [3.63, 3.8) is 0 Å². The zero-order chi connectivity index (χ0) is 36.7. The third kappa shape index (κ3) is 11.1. The molecule has 0 radical (unpaired) electrons. The van der Waals surface area contributed by atoms with E-state index in [1.165, 1.54) is 0 Å². The van der Waals surface area contributed by atoms with Gasteiger partial charge in [0.25, 0.3) is 5.91 Å². The van der Waals surface area contributed by atoms with Crippen molar-refractivity contribution in [2.75, 3.05) is 46.6 Å². The van der Waals surface area contributed by atoms with Crippen LogP contribution in [0.4, 0.5) is 0 Å². The van der Waals surface area contributed by atoms with Crippen molar-refractivity contribution in [3.05, 3.63) is 106 Å². The molecule has 0 bridgehead atoms. The van der Waals surface area contributed by atoms with Crippen molar-refractivity contribution in [3.8, 4) is 17.6 Å². The summed E-state index contributed by atoms with van der Waals surface area (Å²) in [4.78, 5) is 40.5. The first kappa shape index (κ1) is 38.0. The number of likely N-dealkylation sites (N-methyl/N-ethyl adjacent to an activating group) is 1. The molecule has 1 saturated heterocycles. The fraction of sp³-hybridized carbons (Fsp3) is 0.405. The number of benzene rings is 3. The fourth-order valence-corrected chi connectivity index (χ4v) is 6.51. The Kier molecular flexibility index (Phi) is 14.1. The van der Waals surface area contributed by atoms with Crippen LogP contribution in [0, 0.1) is 11.8 Å². The normalized spacial score (nSPS) is 14.1. The van der Waals surface area contributed by atoms with Crippen molar-refractivity contribution in [1.82, 2.24) is 9.80 Å². The Bertz CT molecular complexity index is 1780. The van der Waals surface area contributed by atoms with E-state index in [9.17, 15) is 19.5 Å². The first-order valence-corrected chi connectivity index (χ1v) is 18.1. The summed E-state index contributed by atoms with van der Waals surface area (Å²) in [5.41, 5.74) is 6.13. The Morgan fingerprint density at radius 3 is 2.37 bits per heavy atom. The summed E-state index contributed by atoms with van der Waals surface area (Å²) < 4.78 is 17.2. The number of hydrogen-bond donors (Lipinski definition) is 2. The number of amides is 1. The van der Waals surface area contributed by atoms with Gasteiger partial charge in [0.2, 0.25) is 6.79 Å². The topological polar surface area (TPSA) is 126 Å². The highest BCUT2D eigenvalue weighted by Crippen LogP contribution is 2.32. The molecule has 2 aliphatic rings. The first-order chi connectivity index (χ1) is 25.3. The Labute approximate surface area is 306 Å². The second-order valence-corrected chi connectivity index (χ2v) is 13.2. The number of carboxylic acids is 2. The van der Waals surface area contributed by atoms with Crippen LogP contribution in [0.15, 0.2) is 66.9 Å². The van der Waals surface area contributed by atoms with E-state index in [2.05, 4.69) is 42.0 Å². The van der Waals surface area contributed by atoms with Gasteiger partial charge in [-0.1, -0.05) is 60.7 Å². The minimum atomic E-state index is -0.874. The molecule has 3 aromatic rings. The summed E-state index contributed by atoms with van der Waals surface area (Å²) in [6, 6.07) is 19.9. The van der Waals surface area contributed by atoms with Crippen LogP contribution in [0.2, 0.25) is 0 Å². The van der Waals surface area contributed by atoms with E-state index < -0.39 is 11.9 Å². The van der Waals surface area contributed by atoms with Crippen molar-refractivity contribution in [2.24, 2.45) is 0 Å².